The van der Waals surface area contributed by atoms with Gasteiger partial charge in [0.05, 0.1) is 18.8 Å². The van der Waals surface area contributed by atoms with Crippen molar-refractivity contribution in [2.75, 3.05) is 13.7 Å². The Morgan fingerprint density at radius 1 is 1.38 bits per heavy atom. The maximum Gasteiger partial charge on any atom is 0.242 e. The van der Waals surface area contributed by atoms with Crippen LogP contribution in [0.1, 0.15) is 37.1 Å². The largest absolute Gasteiger partial charge is 0.494 e. The molecular formula is C17H25ClN4O2. The lowest BCUT2D eigenvalue weighted by Crippen LogP contribution is -2.37. The molecule has 0 saturated carbocycles. The first-order chi connectivity index (χ1) is 11.1. The van der Waals surface area contributed by atoms with Crippen molar-refractivity contribution in [1.29, 1.82) is 0 Å². The summed E-state index contributed by atoms with van der Waals surface area (Å²) in [5.74, 6) is 0.699. The van der Waals surface area contributed by atoms with E-state index in [0.717, 1.165) is 16.9 Å². The van der Waals surface area contributed by atoms with E-state index in [1.54, 1.807) is 17.9 Å². The number of nitrogens with one attached hydrogen (secondary N) is 2. The second-order valence-corrected chi connectivity index (χ2v) is 5.37. The Balaban J connectivity index is 0.00000288. The summed E-state index contributed by atoms with van der Waals surface area (Å²) in [5.41, 5.74) is 1.79. The summed E-state index contributed by atoms with van der Waals surface area (Å²) in [6.45, 7) is 4.48. The van der Waals surface area contributed by atoms with E-state index in [1.165, 1.54) is 0 Å². The van der Waals surface area contributed by atoms with Gasteiger partial charge in [-0.25, -0.2) is 0 Å². The number of likely N-dealkylation sites (N-methyl/N-ethyl adjacent to an activating group) is 1. The molecule has 24 heavy (non-hydrogen) atoms. The summed E-state index contributed by atoms with van der Waals surface area (Å²) in [4.78, 5) is 12.6. The van der Waals surface area contributed by atoms with Crippen molar-refractivity contribution in [2.24, 2.45) is 7.05 Å². The minimum absolute atomic E-state index is 0. The second kappa shape index (κ2) is 9.30. The Morgan fingerprint density at radius 2 is 2.08 bits per heavy atom. The summed E-state index contributed by atoms with van der Waals surface area (Å²) < 4.78 is 7.32. The van der Waals surface area contributed by atoms with Crippen LogP contribution >= 0.6 is 12.4 Å². The van der Waals surface area contributed by atoms with Gasteiger partial charge in [-0.05, 0) is 27.0 Å². The first kappa shape index (κ1) is 20.0. The number of aryl methyl sites for hydroxylation is 1. The highest BCUT2D eigenvalue weighted by Gasteiger charge is 2.23. The van der Waals surface area contributed by atoms with E-state index in [9.17, 15) is 4.79 Å². The highest BCUT2D eigenvalue weighted by Crippen LogP contribution is 2.25. The number of rotatable bonds is 7. The molecule has 1 heterocycles. The van der Waals surface area contributed by atoms with Crippen LogP contribution in [-0.4, -0.2) is 29.3 Å². The van der Waals surface area contributed by atoms with Crippen LogP contribution in [-0.2, 0) is 11.8 Å². The first-order valence-corrected chi connectivity index (χ1v) is 7.74. The van der Waals surface area contributed by atoms with Crippen molar-refractivity contribution in [3.05, 3.63) is 47.8 Å². The van der Waals surface area contributed by atoms with Crippen LogP contribution in [0.2, 0.25) is 0 Å². The summed E-state index contributed by atoms with van der Waals surface area (Å²) in [5, 5.41) is 10.2. The van der Waals surface area contributed by atoms with Gasteiger partial charge < -0.3 is 15.4 Å². The molecule has 0 aliphatic rings. The summed E-state index contributed by atoms with van der Waals surface area (Å²) in [6.07, 6.45) is 3.53. The van der Waals surface area contributed by atoms with Crippen molar-refractivity contribution in [3.63, 3.8) is 0 Å². The molecule has 6 nitrogen and oxygen atoms in total. The number of aromatic nitrogens is 2. The van der Waals surface area contributed by atoms with Gasteiger partial charge in [0.1, 0.15) is 11.8 Å². The fourth-order valence-corrected chi connectivity index (χ4v) is 2.54. The molecule has 2 N–H and O–H groups in total. The number of benzene rings is 1. The number of hydrogen-bond donors (Lipinski definition) is 2. The van der Waals surface area contributed by atoms with E-state index < -0.39 is 6.04 Å². The molecule has 2 rings (SSSR count). The topological polar surface area (TPSA) is 68.2 Å². The zero-order chi connectivity index (χ0) is 16.8. The summed E-state index contributed by atoms with van der Waals surface area (Å²) in [7, 11) is 3.59. The molecule has 1 amide bonds. The molecule has 0 aliphatic carbocycles. The predicted molar refractivity (Wildman–Crippen MR) is 96.4 cm³/mol. The monoisotopic (exact) mass is 352 g/mol. The molecular weight excluding hydrogens is 328 g/mol. The molecule has 1 aromatic heterocycles. The Kier molecular flexibility index (Phi) is 7.74. The number of hydrogen-bond acceptors (Lipinski definition) is 4. The number of amides is 1. The Labute approximate surface area is 149 Å². The van der Waals surface area contributed by atoms with Gasteiger partial charge in [0.2, 0.25) is 5.91 Å². The smallest absolute Gasteiger partial charge is 0.242 e. The van der Waals surface area contributed by atoms with Crippen molar-refractivity contribution < 1.29 is 9.53 Å². The average Bonchev–Trinajstić information content (AvgIpc) is 2.95. The minimum Gasteiger partial charge on any atom is -0.494 e. The Morgan fingerprint density at radius 3 is 2.67 bits per heavy atom. The number of nitrogens with zero attached hydrogens (tertiary/aromatic N) is 2. The van der Waals surface area contributed by atoms with Crippen molar-refractivity contribution in [2.45, 2.75) is 25.9 Å². The molecule has 0 saturated heterocycles. The van der Waals surface area contributed by atoms with Crippen LogP contribution in [0.5, 0.6) is 5.75 Å². The molecule has 2 aromatic rings. The highest BCUT2D eigenvalue weighted by molar-refractivity contribution is 5.85. The third-order valence-electron chi connectivity index (χ3n) is 3.65. The van der Waals surface area contributed by atoms with Gasteiger partial charge in [-0.15, -0.1) is 12.4 Å². The fraction of sp³-hybridized carbons (Fsp3) is 0.412. The lowest BCUT2D eigenvalue weighted by molar-refractivity contribution is -0.123. The minimum atomic E-state index is -0.439. The lowest BCUT2D eigenvalue weighted by atomic mass is 10.1. The zero-order valence-electron chi connectivity index (χ0n) is 14.4. The van der Waals surface area contributed by atoms with Gasteiger partial charge >= 0.3 is 0 Å². The van der Waals surface area contributed by atoms with Crippen LogP contribution in [0.4, 0.5) is 0 Å². The number of para-hydroxylation sites is 1. The standard InChI is InChI=1S/C17H24N4O2.ClH/c1-5-23-15-9-7-6-8-14(15)12(2)20-17(22)16(18-3)13-10-19-21(4)11-13;/h6-12,16,18H,5H2,1-4H3,(H,20,22);1H. The molecule has 0 bridgehead atoms. The molecule has 0 radical (unpaired) electrons. The molecule has 0 fully saturated rings. The van der Waals surface area contributed by atoms with Gasteiger partial charge in [-0.1, -0.05) is 18.2 Å². The van der Waals surface area contributed by atoms with Gasteiger partial charge in [-0.3, -0.25) is 9.48 Å². The molecule has 7 heteroatoms. The van der Waals surface area contributed by atoms with Crippen LogP contribution in [0, 0.1) is 0 Å². The molecule has 2 unspecified atom stereocenters. The van der Waals surface area contributed by atoms with E-state index >= 15 is 0 Å². The van der Waals surface area contributed by atoms with E-state index in [4.69, 9.17) is 4.74 Å². The van der Waals surface area contributed by atoms with Crippen molar-refractivity contribution >= 4 is 18.3 Å². The number of carbonyl (C=O) groups excluding carboxylic acids is 1. The average molecular weight is 353 g/mol. The molecule has 2 atom stereocenters. The normalized spacial score (nSPS) is 12.8. The SMILES string of the molecule is CCOc1ccccc1C(C)NC(=O)C(NC)c1cnn(C)c1.Cl. The summed E-state index contributed by atoms with van der Waals surface area (Å²) >= 11 is 0. The number of halogens is 1. The van der Waals surface area contributed by atoms with Crippen LogP contribution in [0.3, 0.4) is 0 Å². The number of carbonyl (C=O) groups is 1. The summed E-state index contributed by atoms with van der Waals surface area (Å²) in [6, 6.07) is 7.15. The van der Waals surface area contributed by atoms with Gasteiger partial charge in [0.25, 0.3) is 0 Å². The quantitative estimate of drug-likeness (QED) is 0.802. The highest BCUT2D eigenvalue weighted by atomic mass is 35.5. The van der Waals surface area contributed by atoms with Gasteiger partial charge in [0, 0.05) is 24.4 Å². The fourth-order valence-electron chi connectivity index (χ4n) is 2.54. The number of ether oxygens (including phenoxy) is 1. The van der Waals surface area contributed by atoms with Crippen LogP contribution in [0.25, 0.3) is 0 Å². The lowest BCUT2D eigenvalue weighted by Gasteiger charge is -2.21. The maximum atomic E-state index is 12.6. The van der Waals surface area contributed by atoms with Crippen LogP contribution in [0.15, 0.2) is 36.7 Å². The van der Waals surface area contributed by atoms with E-state index in [-0.39, 0.29) is 24.4 Å². The van der Waals surface area contributed by atoms with E-state index in [1.807, 2.05) is 51.4 Å². The van der Waals surface area contributed by atoms with Crippen LogP contribution < -0.4 is 15.4 Å². The molecule has 0 aliphatic heterocycles. The third-order valence-corrected chi connectivity index (χ3v) is 3.65. The maximum absolute atomic E-state index is 12.6. The third kappa shape index (κ3) is 4.72. The van der Waals surface area contributed by atoms with E-state index in [0.29, 0.717) is 6.61 Å². The predicted octanol–water partition coefficient (Wildman–Crippen LogP) is 2.38. The van der Waals surface area contributed by atoms with E-state index in [2.05, 4.69) is 15.7 Å². The Hall–Kier alpha value is -2.05. The van der Waals surface area contributed by atoms with Gasteiger partial charge in [-0.2, -0.15) is 5.10 Å². The Bertz CT molecular complexity index is 660. The van der Waals surface area contributed by atoms with Crippen molar-refractivity contribution in [3.8, 4) is 5.75 Å². The molecule has 132 valence electrons. The zero-order valence-corrected chi connectivity index (χ0v) is 15.3. The first-order valence-electron chi connectivity index (χ1n) is 7.74. The molecule has 1 aromatic carbocycles. The molecule has 0 spiro atoms. The van der Waals surface area contributed by atoms with Crippen molar-refractivity contribution in [1.82, 2.24) is 20.4 Å². The second-order valence-electron chi connectivity index (χ2n) is 5.37. The van der Waals surface area contributed by atoms with Gasteiger partial charge in [0.15, 0.2) is 0 Å².